The van der Waals surface area contributed by atoms with E-state index < -0.39 is 9.84 Å². The van der Waals surface area contributed by atoms with Crippen LogP contribution in [0.1, 0.15) is 22.3 Å². The number of hydrogen-bond donors (Lipinski definition) is 1. The highest BCUT2D eigenvalue weighted by molar-refractivity contribution is 8.04. The van der Waals surface area contributed by atoms with Gasteiger partial charge in [0.2, 0.25) is 0 Å². The van der Waals surface area contributed by atoms with Gasteiger partial charge in [0, 0.05) is 4.90 Å². The molecule has 0 saturated heterocycles. The zero-order chi connectivity index (χ0) is 21.3. The van der Waals surface area contributed by atoms with E-state index in [2.05, 4.69) is 5.32 Å². The van der Waals surface area contributed by atoms with Crippen molar-refractivity contribution in [2.45, 2.75) is 29.4 Å². The summed E-state index contributed by atoms with van der Waals surface area (Å²) in [5.41, 5.74) is 4.19. The van der Waals surface area contributed by atoms with Crippen LogP contribution < -0.4 is 5.32 Å². The van der Waals surface area contributed by atoms with Crippen molar-refractivity contribution in [1.29, 1.82) is 0 Å². The molecule has 1 aliphatic rings. The highest BCUT2D eigenvalue weighted by atomic mass is 32.2. The number of anilines is 1. The third kappa shape index (κ3) is 4.20. The molecule has 1 heterocycles. The Morgan fingerprint density at radius 3 is 2.33 bits per heavy atom. The summed E-state index contributed by atoms with van der Waals surface area (Å²) in [5.74, 6) is -0.300. The average molecular weight is 436 g/mol. The maximum absolute atomic E-state index is 13.0. The molecule has 1 N–H and O–H groups in total. The molecule has 0 radical (unpaired) electrons. The van der Waals surface area contributed by atoms with Gasteiger partial charge in [0.25, 0.3) is 5.91 Å². The number of nitrogens with one attached hydrogen (secondary N) is 1. The number of rotatable bonds is 4. The minimum atomic E-state index is -3.55. The fourth-order valence-electron chi connectivity index (χ4n) is 3.38. The van der Waals surface area contributed by atoms with E-state index in [1.54, 1.807) is 18.2 Å². The van der Waals surface area contributed by atoms with Gasteiger partial charge in [0.1, 0.15) is 0 Å². The van der Waals surface area contributed by atoms with Crippen molar-refractivity contribution in [2.24, 2.45) is 0 Å². The Bertz CT molecular complexity index is 1240. The van der Waals surface area contributed by atoms with Crippen LogP contribution in [-0.4, -0.2) is 14.3 Å². The van der Waals surface area contributed by atoms with Gasteiger partial charge in [-0.25, -0.2) is 8.42 Å². The first-order valence-corrected chi connectivity index (χ1v) is 12.0. The number of benzene rings is 3. The lowest BCUT2D eigenvalue weighted by atomic mass is 10.1. The highest BCUT2D eigenvalue weighted by Gasteiger charge is 2.24. The second-order valence-electron chi connectivity index (χ2n) is 7.26. The van der Waals surface area contributed by atoms with Crippen molar-refractivity contribution in [3.05, 3.63) is 93.9 Å². The van der Waals surface area contributed by atoms with Crippen LogP contribution in [-0.2, 0) is 20.4 Å². The molecule has 152 valence electrons. The summed E-state index contributed by atoms with van der Waals surface area (Å²) < 4.78 is 26.1. The van der Waals surface area contributed by atoms with Crippen LogP contribution in [0.2, 0.25) is 0 Å². The molecule has 0 atom stereocenters. The van der Waals surface area contributed by atoms with E-state index in [1.807, 2.05) is 68.5 Å². The number of amides is 1. The van der Waals surface area contributed by atoms with E-state index in [-0.39, 0.29) is 16.6 Å². The molecule has 0 aliphatic carbocycles. The van der Waals surface area contributed by atoms with E-state index in [9.17, 15) is 13.2 Å². The quantitative estimate of drug-likeness (QED) is 0.560. The summed E-state index contributed by atoms with van der Waals surface area (Å²) in [6.45, 7) is 3.84. The number of carbonyl (C=O) groups excluding carboxylic acids is 1. The number of aryl methyl sites for hydroxylation is 2. The first-order chi connectivity index (χ1) is 14.3. The maximum Gasteiger partial charge on any atom is 0.262 e. The Labute approximate surface area is 180 Å². The van der Waals surface area contributed by atoms with E-state index in [0.717, 1.165) is 27.1 Å². The summed E-state index contributed by atoms with van der Waals surface area (Å²) in [5, 5.41) is 2.84. The standard InChI is InChI=1S/C24H21NO3S2/c1-16-7-6-8-17(2)20(16)15-30(27,28)19-11-12-22-21(14-19)25-24(26)23(29-22)13-18-9-4-3-5-10-18/h3-14H,15H2,1-2H3,(H,25,26)/b23-13-. The number of sulfone groups is 1. The third-order valence-corrected chi connectivity index (χ3v) is 7.82. The van der Waals surface area contributed by atoms with E-state index >= 15 is 0 Å². The fraction of sp³-hybridized carbons (Fsp3) is 0.125. The van der Waals surface area contributed by atoms with Gasteiger partial charge < -0.3 is 5.32 Å². The summed E-state index contributed by atoms with van der Waals surface area (Å²) in [6, 6.07) is 20.3. The van der Waals surface area contributed by atoms with Crippen molar-refractivity contribution in [2.75, 3.05) is 5.32 Å². The Morgan fingerprint density at radius 1 is 0.933 bits per heavy atom. The average Bonchev–Trinajstić information content (AvgIpc) is 2.72. The monoisotopic (exact) mass is 435 g/mol. The van der Waals surface area contributed by atoms with Gasteiger partial charge in [0.05, 0.1) is 21.2 Å². The lowest BCUT2D eigenvalue weighted by molar-refractivity contribution is -0.112. The van der Waals surface area contributed by atoms with Gasteiger partial charge in [0.15, 0.2) is 9.84 Å². The highest BCUT2D eigenvalue weighted by Crippen LogP contribution is 2.40. The Balaban J connectivity index is 1.63. The first-order valence-electron chi connectivity index (χ1n) is 9.51. The van der Waals surface area contributed by atoms with Gasteiger partial charge in [-0.15, -0.1) is 0 Å². The molecule has 4 nitrogen and oxygen atoms in total. The van der Waals surface area contributed by atoms with Gasteiger partial charge >= 0.3 is 0 Å². The van der Waals surface area contributed by atoms with Crippen LogP contribution in [0, 0.1) is 13.8 Å². The smallest absolute Gasteiger partial charge is 0.262 e. The summed E-state index contributed by atoms with van der Waals surface area (Å²) in [4.78, 5) is 14.2. The summed E-state index contributed by atoms with van der Waals surface area (Å²) in [6.07, 6.45) is 1.83. The molecule has 0 aromatic heterocycles. The van der Waals surface area contributed by atoms with Gasteiger partial charge in [-0.05, 0) is 60.4 Å². The van der Waals surface area contributed by atoms with Crippen LogP contribution in [0.5, 0.6) is 0 Å². The van der Waals surface area contributed by atoms with Crippen LogP contribution in [0.25, 0.3) is 6.08 Å². The molecular weight excluding hydrogens is 414 g/mol. The van der Waals surface area contributed by atoms with Crippen molar-refractivity contribution in [3.63, 3.8) is 0 Å². The zero-order valence-electron chi connectivity index (χ0n) is 16.7. The maximum atomic E-state index is 13.0. The minimum Gasteiger partial charge on any atom is -0.320 e. The molecule has 30 heavy (non-hydrogen) atoms. The number of hydrogen-bond acceptors (Lipinski definition) is 4. The lowest BCUT2D eigenvalue weighted by Gasteiger charge is -2.20. The molecule has 3 aromatic carbocycles. The predicted molar refractivity (Wildman–Crippen MR) is 122 cm³/mol. The normalized spacial score (nSPS) is 15.0. The van der Waals surface area contributed by atoms with Crippen molar-refractivity contribution in [3.8, 4) is 0 Å². The SMILES string of the molecule is Cc1cccc(C)c1CS(=O)(=O)c1ccc2c(c1)NC(=O)/C(=C/c1ccccc1)S2. The largest absolute Gasteiger partial charge is 0.320 e. The molecule has 0 unspecified atom stereocenters. The van der Waals surface area contributed by atoms with Gasteiger partial charge in [-0.1, -0.05) is 60.3 Å². The van der Waals surface area contributed by atoms with Crippen LogP contribution >= 0.6 is 11.8 Å². The number of carbonyl (C=O) groups is 1. The minimum absolute atomic E-state index is 0.0649. The Kier molecular flexibility index (Phi) is 5.54. The number of thioether (sulfide) groups is 1. The van der Waals surface area contributed by atoms with Crippen molar-refractivity contribution in [1.82, 2.24) is 0 Å². The molecule has 0 saturated carbocycles. The van der Waals surface area contributed by atoms with Gasteiger partial charge in [-0.3, -0.25) is 4.79 Å². The van der Waals surface area contributed by atoms with Crippen LogP contribution in [0.4, 0.5) is 5.69 Å². The summed E-state index contributed by atoms with van der Waals surface area (Å²) in [7, 11) is -3.55. The molecule has 0 bridgehead atoms. The van der Waals surface area contributed by atoms with Crippen LogP contribution in [0.3, 0.4) is 0 Å². The molecule has 0 fully saturated rings. The van der Waals surface area contributed by atoms with E-state index in [0.29, 0.717) is 10.6 Å². The van der Waals surface area contributed by atoms with E-state index in [4.69, 9.17) is 0 Å². The zero-order valence-corrected chi connectivity index (χ0v) is 18.3. The van der Waals surface area contributed by atoms with Gasteiger partial charge in [-0.2, -0.15) is 0 Å². The molecular formula is C24H21NO3S2. The molecule has 6 heteroatoms. The Morgan fingerprint density at radius 2 is 1.63 bits per heavy atom. The summed E-state index contributed by atoms with van der Waals surface area (Å²) >= 11 is 1.34. The fourth-order valence-corrected chi connectivity index (χ4v) is 5.89. The molecule has 1 aliphatic heterocycles. The second-order valence-corrected chi connectivity index (χ2v) is 10.3. The number of fused-ring (bicyclic) bond motifs is 1. The van der Waals surface area contributed by atoms with E-state index in [1.165, 1.54) is 11.8 Å². The first kappa shape index (κ1) is 20.4. The topological polar surface area (TPSA) is 63.2 Å². The molecule has 1 amide bonds. The third-order valence-electron chi connectivity index (χ3n) is 5.08. The molecule has 0 spiro atoms. The second kappa shape index (κ2) is 8.13. The Hall–Kier alpha value is -2.83. The lowest BCUT2D eigenvalue weighted by Crippen LogP contribution is -2.18. The van der Waals surface area contributed by atoms with Crippen molar-refractivity contribution >= 4 is 39.3 Å². The van der Waals surface area contributed by atoms with Crippen LogP contribution in [0.15, 0.2) is 81.4 Å². The predicted octanol–water partition coefficient (Wildman–Crippen LogP) is 5.36. The molecule has 4 rings (SSSR count). The molecule has 3 aromatic rings. The van der Waals surface area contributed by atoms with Crippen molar-refractivity contribution < 1.29 is 13.2 Å².